The molecule has 0 aromatic carbocycles. The van der Waals surface area contributed by atoms with Gasteiger partial charge in [0, 0.05) is 127 Å². The van der Waals surface area contributed by atoms with Gasteiger partial charge in [-0.3, -0.25) is 43.2 Å². The highest BCUT2D eigenvalue weighted by Crippen LogP contribution is 2.26. The molecule has 4 fully saturated rings. The van der Waals surface area contributed by atoms with Crippen LogP contribution in [-0.2, 0) is 133 Å². The zero-order valence-electron chi connectivity index (χ0n) is 75.7. The van der Waals surface area contributed by atoms with Crippen molar-refractivity contribution in [2.24, 2.45) is 5.92 Å². The van der Waals surface area contributed by atoms with Crippen LogP contribution in [0.2, 0.25) is 0 Å². The normalized spacial score (nSPS) is 16.8. The number of esters is 10. The molecular weight excluding hydrogens is 1630 g/mol. The first-order valence-electron chi connectivity index (χ1n) is 42.8. The number of carbonyl (C=O) groups is 13. The van der Waals surface area contributed by atoms with Crippen molar-refractivity contribution in [2.75, 3.05) is 112 Å². The molecule has 0 spiro atoms. The second-order valence-corrected chi connectivity index (χ2v) is 30.1. The number of aliphatic hydroxyl groups excluding tert-OH is 5. The molecule has 0 radical (unpaired) electrons. The van der Waals surface area contributed by atoms with Gasteiger partial charge in [0.15, 0.2) is 0 Å². The van der Waals surface area contributed by atoms with Crippen molar-refractivity contribution in [2.45, 2.75) is 304 Å². The fraction of sp³-hybridized carbons (Fsp3) is 0.739. The van der Waals surface area contributed by atoms with Crippen LogP contribution < -0.4 is 0 Å². The largest absolute Gasteiger partial charge is 0.463 e. The Kier molecular flexibility index (Phi) is 67.8. The van der Waals surface area contributed by atoms with Gasteiger partial charge in [0.2, 0.25) is 17.7 Å². The zero-order chi connectivity index (χ0) is 94.1. The summed E-state index contributed by atoms with van der Waals surface area (Å²) in [5, 5.41) is 49.4. The fourth-order valence-corrected chi connectivity index (χ4v) is 11.9. The molecule has 36 heteroatoms. The molecule has 4 aliphatic rings. The van der Waals surface area contributed by atoms with Crippen LogP contribution in [0.15, 0.2) is 62.4 Å². The smallest absolute Gasteiger partial charge is 0.333 e. The van der Waals surface area contributed by atoms with Gasteiger partial charge in [-0.05, 0) is 124 Å². The van der Waals surface area contributed by atoms with Gasteiger partial charge in [-0.2, -0.15) is 0 Å². The summed E-state index contributed by atoms with van der Waals surface area (Å²) in [6.45, 7) is 42.5. The van der Waals surface area contributed by atoms with Crippen molar-refractivity contribution in [3.8, 4) is 0 Å². The molecule has 4 heterocycles. The number of aliphatic hydroxyl groups is 5. The van der Waals surface area contributed by atoms with E-state index in [-0.39, 0.29) is 195 Å². The Labute approximate surface area is 732 Å². The van der Waals surface area contributed by atoms with E-state index < -0.39 is 78.4 Å². The molecule has 0 saturated carbocycles. The summed E-state index contributed by atoms with van der Waals surface area (Å²) in [6, 6.07) is -0.218. The van der Waals surface area contributed by atoms with Crippen molar-refractivity contribution in [1.29, 1.82) is 0 Å². The van der Waals surface area contributed by atoms with E-state index in [1.807, 2.05) is 32.6 Å². The van der Waals surface area contributed by atoms with Crippen molar-refractivity contribution in [1.82, 2.24) is 14.7 Å². The number of rotatable bonds is 58. The van der Waals surface area contributed by atoms with Gasteiger partial charge in [0.05, 0.1) is 82.7 Å². The highest BCUT2D eigenvalue weighted by Gasteiger charge is 2.33. The van der Waals surface area contributed by atoms with E-state index in [4.69, 9.17) is 66.7 Å². The van der Waals surface area contributed by atoms with Crippen molar-refractivity contribution < 1.29 is 159 Å². The second kappa shape index (κ2) is 71.5. The van der Waals surface area contributed by atoms with Gasteiger partial charge in [-0.1, -0.05) is 67.5 Å². The quantitative estimate of drug-likeness (QED) is 0.0130. The summed E-state index contributed by atoms with van der Waals surface area (Å²) < 4.78 is 76.2. The third-order valence-electron chi connectivity index (χ3n) is 18.5. The first-order chi connectivity index (χ1) is 58.7. The van der Waals surface area contributed by atoms with E-state index in [9.17, 15) is 82.8 Å². The minimum atomic E-state index is -1.08. The summed E-state index contributed by atoms with van der Waals surface area (Å²) in [5.74, 6) is -4.41. The average molecular weight is 1780 g/mol. The number of hydrogen-bond donors (Lipinski definition) is 5. The number of amides is 3. The molecular formula is C88H147N3O33. The Morgan fingerprint density at radius 3 is 1.23 bits per heavy atom. The lowest BCUT2D eigenvalue weighted by Gasteiger charge is -2.29. The second-order valence-electron chi connectivity index (χ2n) is 30.1. The van der Waals surface area contributed by atoms with Crippen molar-refractivity contribution in [3.05, 3.63) is 62.4 Å². The van der Waals surface area contributed by atoms with Crippen LogP contribution in [0.1, 0.15) is 225 Å². The Balaban J connectivity index is 0. The zero-order valence-corrected chi connectivity index (χ0v) is 75.7. The van der Waals surface area contributed by atoms with Gasteiger partial charge >= 0.3 is 59.7 Å². The molecule has 0 aromatic heterocycles. The Hall–Kier alpha value is -8.59. The van der Waals surface area contributed by atoms with E-state index in [1.165, 1.54) is 27.7 Å². The maximum Gasteiger partial charge on any atom is 0.333 e. The number of carbonyl (C=O) groups excluding carboxylic acids is 13. The van der Waals surface area contributed by atoms with Crippen molar-refractivity contribution >= 4 is 77.4 Å². The Bertz CT molecular complexity index is 3140. The third-order valence-corrected chi connectivity index (χ3v) is 18.5. The van der Waals surface area contributed by atoms with Crippen LogP contribution in [0.25, 0.3) is 0 Å². The number of epoxide rings is 1. The van der Waals surface area contributed by atoms with Gasteiger partial charge in [-0.15, -0.1) is 0 Å². The Morgan fingerprint density at radius 2 is 0.863 bits per heavy atom. The van der Waals surface area contributed by atoms with Gasteiger partial charge in [0.1, 0.15) is 82.9 Å². The van der Waals surface area contributed by atoms with Crippen LogP contribution in [0, 0.1) is 5.92 Å². The van der Waals surface area contributed by atoms with Crippen LogP contribution in [-0.4, -0.2) is 309 Å². The molecule has 5 N–H and O–H groups in total. The van der Waals surface area contributed by atoms with Gasteiger partial charge in [0.25, 0.3) is 0 Å². The molecule has 4 rings (SSSR count). The minimum Gasteiger partial charge on any atom is -0.463 e. The molecule has 14 unspecified atom stereocenters. The summed E-state index contributed by atoms with van der Waals surface area (Å²) in [4.78, 5) is 154. The molecule has 0 bridgehead atoms. The molecule has 0 aromatic rings. The van der Waals surface area contributed by atoms with Crippen LogP contribution >= 0.6 is 0 Å². The van der Waals surface area contributed by atoms with Crippen LogP contribution in [0.3, 0.4) is 0 Å². The monoisotopic (exact) mass is 1770 g/mol. The lowest BCUT2D eigenvalue weighted by molar-refractivity contribution is -0.154. The molecule has 14 atom stereocenters. The first kappa shape index (κ1) is 117. The number of hydrogen-bond acceptors (Lipinski definition) is 33. The average Bonchev–Trinajstić information content (AvgIpc) is 1.67. The number of likely N-dealkylation sites (tertiary alicyclic amines) is 3. The number of nitrogens with zero attached hydrogens (tertiary/aromatic N) is 3. The summed E-state index contributed by atoms with van der Waals surface area (Å²) in [5.41, 5.74) is 0.693. The lowest BCUT2D eigenvalue weighted by atomic mass is 9.96. The number of ether oxygens (including phenoxy) is 15. The molecule has 0 aliphatic carbocycles. The molecule has 712 valence electrons. The maximum absolute atomic E-state index is 12.8. The summed E-state index contributed by atoms with van der Waals surface area (Å²) >= 11 is 0. The van der Waals surface area contributed by atoms with Gasteiger partial charge in [-0.25, -0.2) is 19.2 Å². The van der Waals surface area contributed by atoms with Crippen LogP contribution in [0.4, 0.5) is 0 Å². The van der Waals surface area contributed by atoms with Crippen LogP contribution in [0.5, 0.6) is 0 Å². The molecule has 3 amide bonds. The standard InChI is InChI=1S/C40H68N2O14.C17H30O7.C10H14O5.C8H16O3.C7H10O3.C6H9NO/c1-6-31(41-17-9-12-36(41)46)15-16-39(49)53-22-20-51-19-21-52-38(48)14-8-11-32(42-18-10-13-37(42)47)23-28(3)40(50)55-27-34(45)26-54-29(4)24-33(44)25-35(7-2)56-30(5)43;1-6-16(24-13(5)18)8-14(19)7-12(4)22-9-15(20)10-23-17(21)11(2)3;1-3-9(11)14-7-5-13-6-8-15-10(12)4-2;1-4-8(5-6(2)9)11-7(3)10;1-5(2)7(8)10-4-6-3-9-6;1-2-7-5-3-4-6(7)8/h28-29,31-35,44-45H,6-27H2,1-5H3;12,14-16,19-20H,2,6-10H2,1,3-5H3;3-4H,1-2,5-8H2;6,8-9H,4-5H2,1-3H3;6H,1,3-4H2,2H3;2H,1,3-5H2. The molecule has 4 saturated heterocycles. The lowest BCUT2D eigenvalue weighted by Crippen LogP contribution is -2.39. The maximum atomic E-state index is 12.8. The Morgan fingerprint density at radius 1 is 0.460 bits per heavy atom. The van der Waals surface area contributed by atoms with Crippen molar-refractivity contribution in [3.63, 3.8) is 0 Å². The molecule has 36 nitrogen and oxygen atoms in total. The predicted octanol–water partition coefficient (Wildman–Crippen LogP) is 7.42. The third kappa shape index (κ3) is 63.3. The minimum absolute atomic E-state index is 0.00750. The highest BCUT2D eigenvalue weighted by molar-refractivity contribution is 5.87. The van der Waals surface area contributed by atoms with E-state index in [2.05, 4.69) is 42.4 Å². The highest BCUT2D eigenvalue weighted by atomic mass is 16.6. The molecule has 124 heavy (non-hydrogen) atoms. The van der Waals surface area contributed by atoms with E-state index in [0.717, 1.165) is 57.3 Å². The molecule has 4 aliphatic heterocycles. The fourth-order valence-electron chi connectivity index (χ4n) is 11.9. The topological polar surface area (TPSA) is 475 Å². The first-order valence-corrected chi connectivity index (χ1v) is 42.8. The van der Waals surface area contributed by atoms with E-state index in [1.54, 1.807) is 50.6 Å². The van der Waals surface area contributed by atoms with E-state index in [0.29, 0.717) is 102 Å². The van der Waals surface area contributed by atoms with Gasteiger partial charge < -0.3 is 111 Å². The summed E-state index contributed by atoms with van der Waals surface area (Å²) in [6.07, 6.45) is 9.45. The van der Waals surface area contributed by atoms with E-state index >= 15 is 0 Å². The summed E-state index contributed by atoms with van der Waals surface area (Å²) in [7, 11) is 0. The predicted molar refractivity (Wildman–Crippen MR) is 453 cm³/mol. The SMILES string of the molecule is C=C(C)C(=O)OCC(O)COC(C)CC(O)CC(CC)OC(C)=O.C=C(C)C(=O)OCC1CO1.C=CC(=O)OCCOCCOC(=O)C=C.C=CN1CCCC1=O.CCC(CC(C)O)OC(C)=O.CCC(CC(O)CC(C)OCC(O)COC(=O)C(C)CC(CCCC(=O)OCCOCCOC(=O)CCC(CC)N1CCCC1=O)N1CCCC1=O)OC(C)=O.